The van der Waals surface area contributed by atoms with Gasteiger partial charge in [0.1, 0.15) is 17.6 Å². The van der Waals surface area contributed by atoms with Gasteiger partial charge in [-0.3, -0.25) is 0 Å². The van der Waals surface area contributed by atoms with Gasteiger partial charge in [-0.2, -0.15) is 0 Å². The number of hydrogen-bond acceptors (Lipinski definition) is 3. The number of aliphatic hydroxyl groups is 1. The first-order chi connectivity index (χ1) is 9.58. The molecule has 3 heteroatoms. The fourth-order valence-corrected chi connectivity index (χ4v) is 2.29. The summed E-state index contributed by atoms with van der Waals surface area (Å²) in [6.07, 6.45) is -0.737. The smallest absolute Gasteiger partial charge is 0.128 e. The maximum absolute atomic E-state index is 10.6. The van der Waals surface area contributed by atoms with Gasteiger partial charge >= 0.3 is 0 Å². The van der Waals surface area contributed by atoms with Crippen LogP contribution in [0.2, 0.25) is 0 Å². The molecule has 0 saturated heterocycles. The number of hydrogen-bond donors (Lipinski definition) is 1. The maximum Gasteiger partial charge on any atom is 0.128 e. The van der Waals surface area contributed by atoms with Crippen molar-refractivity contribution in [3.8, 4) is 11.5 Å². The summed E-state index contributed by atoms with van der Waals surface area (Å²) < 4.78 is 10.7. The second kappa shape index (κ2) is 5.97. The molecule has 0 radical (unpaired) electrons. The monoisotopic (exact) mass is 272 g/mol. The largest absolute Gasteiger partial charge is 0.497 e. The molecule has 1 N–H and O–H groups in total. The van der Waals surface area contributed by atoms with Crippen LogP contribution >= 0.6 is 0 Å². The van der Waals surface area contributed by atoms with Crippen LogP contribution in [0.3, 0.4) is 0 Å². The van der Waals surface area contributed by atoms with E-state index in [2.05, 4.69) is 0 Å². The Kier molecular flexibility index (Phi) is 4.30. The minimum atomic E-state index is -0.737. The van der Waals surface area contributed by atoms with E-state index in [1.807, 2.05) is 50.2 Å². The molecule has 0 aliphatic rings. The second-order valence-corrected chi connectivity index (χ2v) is 4.81. The summed E-state index contributed by atoms with van der Waals surface area (Å²) in [6, 6.07) is 11.3. The molecule has 3 nitrogen and oxygen atoms in total. The lowest BCUT2D eigenvalue weighted by atomic mass is 9.96. The van der Waals surface area contributed by atoms with Gasteiger partial charge in [0.2, 0.25) is 0 Å². The summed E-state index contributed by atoms with van der Waals surface area (Å²) in [5.41, 5.74) is 3.74. The summed E-state index contributed by atoms with van der Waals surface area (Å²) in [7, 11) is 3.24. The van der Waals surface area contributed by atoms with E-state index in [0.717, 1.165) is 33.8 Å². The zero-order valence-corrected chi connectivity index (χ0v) is 12.3. The van der Waals surface area contributed by atoms with Gasteiger partial charge in [-0.05, 0) is 42.7 Å². The van der Waals surface area contributed by atoms with Crippen molar-refractivity contribution in [1.82, 2.24) is 0 Å². The number of aliphatic hydroxyl groups excluding tert-OH is 1. The molecule has 2 rings (SSSR count). The lowest BCUT2D eigenvalue weighted by Crippen LogP contribution is -2.04. The van der Waals surface area contributed by atoms with Gasteiger partial charge in [-0.15, -0.1) is 0 Å². The average Bonchev–Trinajstić information content (AvgIpc) is 2.49. The fourth-order valence-electron chi connectivity index (χ4n) is 2.29. The number of aryl methyl sites for hydroxylation is 1. The van der Waals surface area contributed by atoms with Crippen molar-refractivity contribution in [3.05, 3.63) is 58.7 Å². The van der Waals surface area contributed by atoms with E-state index < -0.39 is 6.10 Å². The minimum Gasteiger partial charge on any atom is -0.497 e. The quantitative estimate of drug-likeness (QED) is 0.927. The van der Waals surface area contributed by atoms with Crippen LogP contribution in [-0.2, 0) is 0 Å². The Morgan fingerprint density at radius 2 is 1.75 bits per heavy atom. The number of methoxy groups -OCH3 is 2. The first kappa shape index (κ1) is 14.4. The van der Waals surface area contributed by atoms with Crippen LogP contribution in [0.4, 0.5) is 0 Å². The number of rotatable bonds is 4. The Hall–Kier alpha value is -2.00. The molecule has 2 aromatic rings. The summed E-state index contributed by atoms with van der Waals surface area (Å²) in [6.45, 7) is 4.02. The van der Waals surface area contributed by atoms with E-state index in [1.54, 1.807) is 14.2 Å². The van der Waals surface area contributed by atoms with E-state index in [-0.39, 0.29) is 0 Å². The van der Waals surface area contributed by atoms with Crippen molar-refractivity contribution in [1.29, 1.82) is 0 Å². The highest BCUT2D eigenvalue weighted by atomic mass is 16.5. The van der Waals surface area contributed by atoms with Gasteiger partial charge in [0.15, 0.2) is 0 Å². The molecule has 0 bridgehead atoms. The van der Waals surface area contributed by atoms with Crippen molar-refractivity contribution >= 4 is 0 Å². The minimum absolute atomic E-state index is 0.726. The van der Waals surface area contributed by atoms with Gasteiger partial charge in [0.25, 0.3) is 0 Å². The molecule has 0 saturated carbocycles. The molecule has 0 heterocycles. The predicted octanol–water partition coefficient (Wildman–Crippen LogP) is 3.40. The highest BCUT2D eigenvalue weighted by molar-refractivity contribution is 5.49. The topological polar surface area (TPSA) is 38.7 Å². The van der Waals surface area contributed by atoms with Crippen molar-refractivity contribution in [2.75, 3.05) is 14.2 Å². The van der Waals surface area contributed by atoms with Crippen molar-refractivity contribution in [3.63, 3.8) is 0 Å². The highest BCUT2D eigenvalue weighted by Crippen LogP contribution is 2.34. The van der Waals surface area contributed by atoms with Crippen LogP contribution in [0.25, 0.3) is 0 Å². The molecule has 106 valence electrons. The van der Waals surface area contributed by atoms with Crippen LogP contribution in [0.1, 0.15) is 28.4 Å². The Morgan fingerprint density at radius 3 is 2.40 bits per heavy atom. The standard InChI is InChI=1S/C17H20O3/c1-11-8-9-15(17(20-4)12(11)2)16(18)13-6-5-7-14(10-13)19-3/h5-10,16,18H,1-4H3. The maximum atomic E-state index is 10.6. The van der Waals surface area contributed by atoms with Crippen LogP contribution in [0.15, 0.2) is 36.4 Å². The Bertz CT molecular complexity index is 605. The molecular formula is C17H20O3. The molecule has 0 amide bonds. The molecule has 1 atom stereocenters. The van der Waals surface area contributed by atoms with E-state index >= 15 is 0 Å². The fraction of sp³-hybridized carbons (Fsp3) is 0.294. The molecule has 0 aliphatic heterocycles. The second-order valence-electron chi connectivity index (χ2n) is 4.81. The molecule has 0 aliphatic carbocycles. The van der Waals surface area contributed by atoms with Gasteiger partial charge < -0.3 is 14.6 Å². The van der Waals surface area contributed by atoms with Crippen LogP contribution in [0, 0.1) is 13.8 Å². The Morgan fingerprint density at radius 1 is 1.00 bits per heavy atom. The first-order valence-corrected chi connectivity index (χ1v) is 6.54. The third kappa shape index (κ3) is 2.63. The zero-order chi connectivity index (χ0) is 14.7. The molecule has 1 unspecified atom stereocenters. The van der Waals surface area contributed by atoms with Crippen LogP contribution in [-0.4, -0.2) is 19.3 Å². The van der Waals surface area contributed by atoms with E-state index in [4.69, 9.17) is 9.47 Å². The lowest BCUT2D eigenvalue weighted by Gasteiger charge is -2.18. The highest BCUT2D eigenvalue weighted by Gasteiger charge is 2.18. The number of benzene rings is 2. The lowest BCUT2D eigenvalue weighted by molar-refractivity contribution is 0.214. The van der Waals surface area contributed by atoms with Gasteiger partial charge in [-0.25, -0.2) is 0 Å². The molecule has 20 heavy (non-hydrogen) atoms. The number of ether oxygens (including phenoxy) is 2. The van der Waals surface area contributed by atoms with Crippen LogP contribution < -0.4 is 9.47 Å². The zero-order valence-electron chi connectivity index (χ0n) is 12.3. The molecule has 0 spiro atoms. The Balaban J connectivity index is 2.47. The van der Waals surface area contributed by atoms with Crippen molar-refractivity contribution in [2.24, 2.45) is 0 Å². The average molecular weight is 272 g/mol. The summed E-state index contributed by atoms with van der Waals surface area (Å²) in [5.74, 6) is 1.46. The SMILES string of the molecule is COc1cccc(C(O)c2ccc(C)c(C)c2OC)c1. The predicted molar refractivity (Wildman–Crippen MR) is 79.5 cm³/mol. The molecule has 2 aromatic carbocycles. The summed E-state index contributed by atoms with van der Waals surface area (Å²) >= 11 is 0. The van der Waals surface area contributed by atoms with Crippen molar-refractivity contribution in [2.45, 2.75) is 20.0 Å². The molecule has 0 aromatic heterocycles. The third-order valence-corrected chi connectivity index (χ3v) is 3.62. The van der Waals surface area contributed by atoms with Crippen LogP contribution in [0.5, 0.6) is 11.5 Å². The normalized spacial score (nSPS) is 12.1. The first-order valence-electron chi connectivity index (χ1n) is 6.54. The molecular weight excluding hydrogens is 252 g/mol. The van der Waals surface area contributed by atoms with E-state index in [0.29, 0.717) is 0 Å². The Labute approximate surface area is 119 Å². The van der Waals surface area contributed by atoms with Gasteiger partial charge in [0, 0.05) is 5.56 Å². The third-order valence-electron chi connectivity index (χ3n) is 3.62. The summed E-state index contributed by atoms with van der Waals surface area (Å²) in [5, 5.41) is 10.6. The van der Waals surface area contributed by atoms with Gasteiger partial charge in [0.05, 0.1) is 14.2 Å². The van der Waals surface area contributed by atoms with E-state index in [9.17, 15) is 5.11 Å². The van der Waals surface area contributed by atoms with Crippen molar-refractivity contribution < 1.29 is 14.6 Å². The molecule has 0 fully saturated rings. The van der Waals surface area contributed by atoms with Gasteiger partial charge in [-0.1, -0.05) is 24.3 Å². The van der Waals surface area contributed by atoms with E-state index in [1.165, 1.54) is 0 Å². The summed E-state index contributed by atoms with van der Waals surface area (Å²) in [4.78, 5) is 0.